The molecule has 1 fully saturated rings. The van der Waals surface area contributed by atoms with Crippen LogP contribution < -0.4 is 4.74 Å². The molecule has 2 aromatic carbocycles. The molecule has 0 spiro atoms. The van der Waals surface area contributed by atoms with E-state index >= 15 is 0 Å². The zero-order valence-corrected chi connectivity index (χ0v) is 21.6. The van der Waals surface area contributed by atoms with Crippen LogP contribution in [0.5, 0.6) is 5.75 Å². The normalized spacial score (nSPS) is 20.3. The number of carboxylic acids is 1. The molecule has 1 aliphatic carbocycles. The Morgan fingerprint density at radius 1 is 1.32 bits per heavy atom. The highest BCUT2D eigenvalue weighted by Crippen LogP contribution is 2.50. The van der Waals surface area contributed by atoms with Gasteiger partial charge in [-0.25, -0.2) is 4.39 Å². The molecule has 0 unspecified atom stereocenters. The number of nitriles is 1. The zero-order chi connectivity index (χ0) is 26.5. The number of ether oxygens (including phenoxy) is 1. The first kappa shape index (κ1) is 24.8. The van der Waals surface area contributed by atoms with Crippen molar-refractivity contribution in [1.29, 1.82) is 5.26 Å². The molecule has 0 bridgehead atoms. The summed E-state index contributed by atoms with van der Waals surface area (Å²) in [5.74, 6) is -0.940. The summed E-state index contributed by atoms with van der Waals surface area (Å²) in [6.45, 7) is 5.94. The van der Waals surface area contributed by atoms with Crippen molar-refractivity contribution in [2.75, 3.05) is 7.11 Å². The topological polar surface area (TPSA) is 104 Å². The van der Waals surface area contributed by atoms with Crippen molar-refractivity contribution in [2.24, 2.45) is 5.41 Å². The van der Waals surface area contributed by atoms with Crippen LogP contribution in [0.4, 0.5) is 4.39 Å². The van der Waals surface area contributed by atoms with Gasteiger partial charge in [0.15, 0.2) is 11.6 Å². The number of fused-ring (bicyclic) bond motifs is 2. The number of rotatable bonds is 6. The highest BCUT2D eigenvalue weighted by molar-refractivity contribution is 5.99. The van der Waals surface area contributed by atoms with Crippen LogP contribution in [0.1, 0.15) is 70.1 Å². The first-order valence-corrected chi connectivity index (χ1v) is 12.6. The predicted molar refractivity (Wildman–Crippen MR) is 140 cm³/mol. The van der Waals surface area contributed by atoms with E-state index in [1.54, 1.807) is 18.3 Å². The molecule has 0 saturated heterocycles. The van der Waals surface area contributed by atoms with E-state index < -0.39 is 22.6 Å². The molecule has 37 heavy (non-hydrogen) atoms. The van der Waals surface area contributed by atoms with Crippen LogP contribution in [0, 0.1) is 22.6 Å². The van der Waals surface area contributed by atoms with Gasteiger partial charge in [0.25, 0.3) is 0 Å². The van der Waals surface area contributed by atoms with Crippen molar-refractivity contribution in [2.45, 2.75) is 64.2 Å². The third-order valence-electron chi connectivity index (χ3n) is 8.13. The van der Waals surface area contributed by atoms with Gasteiger partial charge in [-0.3, -0.25) is 9.89 Å². The van der Waals surface area contributed by atoms with Gasteiger partial charge in [-0.1, -0.05) is 13.8 Å². The van der Waals surface area contributed by atoms with E-state index in [0.29, 0.717) is 12.8 Å². The molecule has 192 valence electrons. The third kappa shape index (κ3) is 4.03. The van der Waals surface area contributed by atoms with Crippen molar-refractivity contribution >= 4 is 27.8 Å². The number of aliphatic carboxylic acids is 1. The van der Waals surface area contributed by atoms with E-state index in [4.69, 9.17) is 4.74 Å². The summed E-state index contributed by atoms with van der Waals surface area (Å²) >= 11 is 0. The van der Waals surface area contributed by atoms with Crippen LogP contribution in [0.15, 0.2) is 36.5 Å². The lowest BCUT2D eigenvalue weighted by molar-refractivity contribution is -0.149. The molecule has 0 amide bonds. The van der Waals surface area contributed by atoms with Crippen LogP contribution in [0.25, 0.3) is 27.5 Å². The van der Waals surface area contributed by atoms with E-state index in [1.165, 1.54) is 13.2 Å². The summed E-state index contributed by atoms with van der Waals surface area (Å²) in [6.07, 6.45) is 4.67. The standard InChI is InChI=1S/C29H31FN4O3/c1-28(2,11-12-31)26-25(17-7-9-29(3,10-8-17)27(35)36)20-15-22-18(16-32-33-22)13-23(20)34(26)19-5-6-21(30)24(14-19)37-4/h5-6,13-17H,7-11H2,1-4H3,(H,32,33)(H,35,36)/t17-,29-. The SMILES string of the molecule is COc1cc(-n2c(C(C)(C)CC#N)c([C@H]3CC[C@](C)(C(=O)O)CC3)c3cc4[nH]ncc4cc32)ccc1F. The summed E-state index contributed by atoms with van der Waals surface area (Å²) in [5.41, 5.74) is 3.42. The summed E-state index contributed by atoms with van der Waals surface area (Å²) in [5, 5.41) is 28.8. The van der Waals surface area contributed by atoms with E-state index in [-0.39, 0.29) is 18.1 Å². The summed E-state index contributed by atoms with van der Waals surface area (Å²) < 4.78 is 21.9. The van der Waals surface area contributed by atoms with Gasteiger partial charge in [-0.15, -0.1) is 0 Å². The Labute approximate surface area is 214 Å². The Hall–Kier alpha value is -3.86. The number of H-pyrrole nitrogens is 1. The maximum absolute atomic E-state index is 14.4. The lowest BCUT2D eigenvalue weighted by atomic mass is 9.68. The minimum atomic E-state index is -0.754. The maximum Gasteiger partial charge on any atom is 0.309 e. The van der Waals surface area contributed by atoms with Crippen LogP contribution in [-0.4, -0.2) is 33.0 Å². The lowest BCUT2D eigenvalue weighted by Gasteiger charge is -2.36. The molecule has 8 heteroatoms. The lowest BCUT2D eigenvalue weighted by Crippen LogP contribution is -2.32. The molecular formula is C29H31FN4O3. The van der Waals surface area contributed by atoms with Crippen LogP contribution in [0.2, 0.25) is 0 Å². The molecule has 1 saturated carbocycles. The second kappa shape index (κ2) is 8.91. The van der Waals surface area contributed by atoms with Gasteiger partial charge in [0.1, 0.15) is 0 Å². The summed E-state index contributed by atoms with van der Waals surface area (Å²) in [4.78, 5) is 11.9. The number of benzene rings is 2. The van der Waals surface area contributed by atoms with Crippen molar-refractivity contribution in [3.63, 3.8) is 0 Å². The largest absolute Gasteiger partial charge is 0.494 e. The first-order chi connectivity index (χ1) is 17.6. The molecule has 0 aliphatic heterocycles. The number of carbonyl (C=O) groups is 1. The van der Waals surface area contributed by atoms with Gasteiger partial charge in [0.05, 0.1) is 35.8 Å². The second-order valence-electron chi connectivity index (χ2n) is 11.1. The van der Waals surface area contributed by atoms with Gasteiger partial charge in [0.2, 0.25) is 0 Å². The fraction of sp³-hybridized carbons (Fsp3) is 0.414. The highest BCUT2D eigenvalue weighted by atomic mass is 19.1. The maximum atomic E-state index is 14.4. The Morgan fingerprint density at radius 2 is 2.05 bits per heavy atom. The van der Waals surface area contributed by atoms with Crippen molar-refractivity contribution in [3.05, 3.63) is 53.6 Å². The average Bonchev–Trinajstić information content (AvgIpc) is 3.45. The number of nitrogens with zero attached hydrogens (tertiary/aromatic N) is 3. The van der Waals surface area contributed by atoms with E-state index in [1.807, 2.05) is 6.92 Å². The Kier molecular flexibility index (Phi) is 5.98. The molecular weight excluding hydrogens is 471 g/mol. The Bertz CT molecular complexity index is 1550. The quantitative estimate of drug-likeness (QED) is 0.309. The molecule has 0 atom stereocenters. The van der Waals surface area contributed by atoms with E-state index in [9.17, 15) is 19.6 Å². The molecule has 0 radical (unpaired) electrons. The average molecular weight is 503 g/mol. The molecule has 4 aromatic rings. The van der Waals surface area contributed by atoms with Crippen molar-refractivity contribution in [1.82, 2.24) is 14.8 Å². The summed E-state index contributed by atoms with van der Waals surface area (Å²) in [7, 11) is 1.44. The molecule has 7 nitrogen and oxygen atoms in total. The van der Waals surface area contributed by atoms with Gasteiger partial charge in [-0.05, 0) is 68.4 Å². The van der Waals surface area contributed by atoms with Gasteiger partial charge in [-0.2, -0.15) is 10.4 Å². The van der Waals surface area contributed by atoms with Gasteiger partial charge < -0.3 is 14.4 Å². The number of halogens is 1. The summed E-state index contributed by atoms with van der Waals surface area (Å²) in [6, 6.07) is 11.3. The number of hydrogen-bond donors (Lipinski definition) is 2. The molecule has 2 aromatic heterocycles. The van der Waals surface area contributed by atoms with Crippen molar-refractivity contribution < 1.29 is 19.0 Å². The molecule has 5 rings (SSSR count). The van der Waals surface area contributed by atoms with E-state index in [0.717, 1.165) is 51.6 Å². The van der Waals surface area contributed by atoms with Gasteiger partial charge in [0, 0.05) is 40.1 Å². The van der Waals surface area contributed by atoms with Crippen LogP contribution >= 0.6 is 0 Å². The van der Waals surface area contributed by atoms with Gasteiger partial charge >= 0.3 is 5.97 Å². The number of aromatic amines is 1. The predicted octanol–water partition coefficient (Wildman–Crippen LogP) is 6.59. The number of carboxylic acid groups (broad SMARTS) is 1. The fourth-order valence-electron chi connectivity index (χ4n) is 5.92. The van der Waals surface area contributed by atoms with Crippen LogP contribution in [-0.2, 0) is 10.2 Å². The Balaban J connectivity index is 1.83. The highest BCUT2D eigenvalue weighted by Gasteiger charge is 2.41. The number of nitrogens with one attached hydrogen (secondary N) is 1. The Morgan fingerprint density at radius 3 is 2.70 bits per heavy atom. The van der Waals surface area contributed by atoms with Crippen molar-refractivity contribution in [3.8, 4) is 17.5 Å². The minimum absolute atomic E-state index is 0.117. The second-order valence-corrected chi connectivity index (χ2v) is 11.1. The fourth-order valence-corrected chi connectivity index (χ4v) is 5.92. The number of hydrogen-bond acceptors (Lipinski definition) is 4. The smallest absolute Gasteiger partial charge is 0.309 e. The van der Waals surface area contributed by atoms with Crippen LogP contribution in [0.3, 0.4) is 0 Å². The minimum Gasteiger partial charge on any atom is -0.494 e. The molecule has 2 N–H and O–H groups in total. The first-order valence-electron chi connectivity index (χ1n) is 12.6. The monoisotopic (exact) mass is 502 g/mol. The van der Waals surface area contributed by atoms with E-state index in [2.05, 4.69) is 46.8 Å². The third-order valence-corrected chi connectivity index (χ3v) is 8.13. The molecule has 1 aliphatic rings. The number of methoxy groups -OCH3 is 1. The number of aromatic nitrogens is 3. The molecule has 2 heterocycles. The zero-order valence-electron chi connectivity index (χ0n) is 21.6.